The summed E-state index contributed by atoms with van der Waals surface area (Å²) in [4.78, 5) is 17.9. The molecule has 0 spiro atoms. The summed E-state index contributed by atoms with van der Waals surface area (Å²) in [6.07, 6.45) is 5.49. The molecule has 5 heteroatoms. The molecular weight excluding hydrogens is 206 g/mol. The van der Waals surface area contributed by atoms with Crippen molar-refractivity contribution in [2.45, 2.75) is 39.0 Å². The average Bonchev–Trinajstić information content (AvgIpc) is 2.51. The van der Waals surface area contributed by atoms with Crippen LogP contribution in [0, 0.1) is 5.92 Å². The maximum absolute atomic E-state index is 11.1. The van der Waals surface area contributed by atoms with Crippen LogP contribution < -0.4 is 11.4 Å². The molecule has 0 radical (unpaired) electrons. The van der Waals surface area contributed by atoms with Crippen LogP contribution in [0.5, 0.6) is 0 Å². The van der Waals surface area contributed by atoms with Gasteiger partial charge in [-0.3, -0.25) is 4.79 Å². The van der Waals surface area contributed by atoms with Crippen LogP contribution in [-0.4, -0.2) is 30.5 Å². The SMILES string of the molecule is CCC1CCCN(CCC(=O)ONN)CC1. The van der Waals surface area contributed by atoms with Crippen LogP contribution in [0.3, 0.4) is 0 Å². The van der Waals surface area contributed by atoms with Crippen molar-refractivity contribution in [2.24, 2.45) is 11.8 Å². The van der Waals surface area contributed by atoms with Gasteiger partial charge in [0.25, 0.3) is 0 Å². The van der Waals surface area contributed by atoms with Gasteiger partial charge in [0.2, 0.25) is 0 Å². The first kappa shape index (κ1) is 13.4. The Hall–Kier alpha value is -0.650. The zero-order chi connectivity index (χ0) is 11.8. The first-order chi connectivity index (χ1) is 7.76. The number of nitrogens with one attached hydrogen (secondary N) is 1. The molecule has 16 heavy (non-hydrogen) atoms. The number of hydrogen-bond donors (Lipinski definition) is 2. The number of nitrogens with zero attached hydrogens (tertiary/aromatic N) is 1. The molecule has 1 fully saturated rings. The third kappa shape index (κ3) is 4.92. The van der Waals surface area contributed by atoms with E-state index in [-0.39, 0.29) is 5.97 Å². The lowest BCUT2D eigenvalue weighted by atomic mass is 9.98. The zero-order valence-corrected chi connectivity index (χ0v) is 10.1. The number of hydrazine groups is 1. The summed E-state index contributed by atoms with van der Waals surface area (Å²) >= 11 is 0. The highest BCUT2D eigenvalue weighted by Gasteiger charge is 2.16. The fraction of sp³-hybridized carbons (Fsp3) is 0.909. The highest BCUT2D eigenvalue weighted by molar-refractivity contribution is 5.69. The van der Waals surface area contributed by atoms with E-state index in [0.29, 0.717) is 6.42 Å². The minimum Gasteiger partial charge on any atom is -0.356 e. The molecule has 0 bridgehead atoms. The van der Waals surface area contributed by atoms with Gasteiger partial charge in [-0.1, -0.05) is 18.9 Å². The van der Waals surface area contributed by atoms with E-state index in [1.807, 2.05) is 5.59 Å². The first-order valence-corrected chi connectivity index (χ1v) is 6.14. The number of likely N-dealkylation sites (tertiary alicyclic amines) is 1. The van der Waals surface area contributed by atoms with Gasteiger partial charge >= 0.3 is 5.97 Å². The largest absolute Gasteiger partial charge is 0.356 e. The van der Waals surface area contributed by atoms with Gasteiger partial charge in [-0.15, -0.1) is 0 Å². The third-order valence-corrected chi connectivity index (χ3v) is 3.32. The van der Waals surface area contributed by atoms with Crippen molar-refractivity contribution in [1.82, 2.24) is 10.5 Å². The van der Waals surface area contributed by atoms with Gasteiger partial charge in [-0.25, -0.2) is 5.84 Å². The maximum atomic E-state index is 11.1. The molecule has 1 aliphatic heterocycles. The second-order valence-corrected chi connectivity index (χ2v) is 4.39. The molecule has 0 aromatic rings. The zero-order valence-electron chi connectivity index (χ0n) is 10.1. The van der Waals surface area contributed by atoms with E-state index >= 15 is 0 Å². The highest BCUT2D eigenvalue weighted by atomic mass is 16.7. The van der Waals surface area contributed by atoms with Crippen LogP contribution in [-0.2, 0) is 9.63 Å². The molecule has 1 unspecified atom stereocenters. The quantitative estimate of drug-likeness (QED) is 0.539. The third-order valence-electron chi connectivity index (χ3n) is 3.32. The molecular formula is C11H23N3O2. The van der Waals surface area contributed by atoms with Gasteiger partial charge in [0, 0.05) is 6.54 Å². The molecule has 0 aromatic heterocycles. The summed E-state index contributed by atoms with van der Waals surface area (Å²) in [7, 11) is 0. The topological polar surface area (TPSA) is 67.6 Å². The summed E-state index contributed by atoms with van der Waals surface area (Å²) in [5, 5.41) is 0. The fourth-order valence-corrected chi connectivity index (χ4v) is 2.22. The van der Waals surface area contributed by atoms with E-state index in [0.717, 1.165) is 25.6 Å². The minimum atomic E-state index is -0.293. The van der Waals surface area contributed by atoms with Crippen LogP contribution >= 0.6 is 0 Å². The summed E-state index contributed by atoms with van der Waals surface area (Å²) in [6, 6.07) is 0. The van der Waals surface area contributed by atoms with Crippen LogP contribution in [0.2, 0.25) is 0 Å². The molecule has 5 nitrogen and oxygen atoms in total. The number of carbonyl (C=O) groups excluding carboxylic acids is 1. The normalized spacial score (nSPS) is 22.8. The second kappa shape index (κ2) is 7.60. The van der Waals surface area contributed by atoms with E-state index in [1.165, 1.54) is 25.7 Å². The molecule has 1 aliphatic rings. The Morgan fingerprint density at radius 2 is 2.31 bits per heavy atom. The van der Waals surface area contributed by atoms with Gasteiger partial charge in [0.15, 0.2) is 0 Å². The molecule has 3 N–H and O–H groups in total. The molecule has 1 heterocycles. The highest BCUT2D eigenvalue weighted by Crippen LogP contribution is 2.20. The van der Waals surface area contributed by atoms with E-state index in [9.17, 15) is 4.79 Å². The Labute approximate surface area is 97.2 Å². The summed E-state index contributed by atoms with van der Waals surface area (Å²) < 4.78 is 0. The molecule has 0 saturated carbocycles. The van der Waals surface area contributed by atoms with Crippen LogP contribution in [0.15, 0.2) is 0 Å². The van der Waals surface area contributed by atoms with Gasteiger partial charge in [-0.05, 0) is 38.3 Å². The van der Waals surface area contributed by atoms with Gasteiger partial charge in [-0.2, -0.15) is 0 Å². The Balaban J connectivity index is 2.19. The summed E-state index contributed by atoms with van der Waals surface area (Å²) in [6.45, 7) is 5.23. The van der Waals surface area contributed by atoms with Crippen LogP contribution in [0.4, 0.5) is 0 Å². The van der Waals surface area contributed by atoms with Crippen molar-refractivity contribution in [1.29, 1.82) is 0 Å². The molecule has 0 amide bonds. The predicted octanol–water partition coefficient (Wildman–Crippen LogP) is 0.810. The van der Waals surface area contributed by atoms with E-state index < -0.39 is 0 Å². The standard InChI is InChI=1S/C11H23N3O2/c1-2-10-4-3-7-14(8-5-10)9-6-11(15)16-13-12/h10,13H,2-9,12H2,1H3. The van der Waals surface area contributed by atoms with Crippen LogP contribution in [0.1, 0.15) is 39.0 Å². The van der Waals surface area contributed by atoms with Crippen LogP contribution in [0.25, 0.3) is 0 Å². The Kier molecular flexibility index (Phi) is 6.37. The summed E-state index contributed by atoms with van der Waals surface area (Å²) in [5.41, 5.74) is 1.92. The smallest absolute Gasteiger partial charge is 0.327 e. The second-order valence-electron chi connectivity index (χ2n) is 4.39. The predicted molar refractivity (Wildman–Crippen MR) is 62.1 cm³/mol. The van der Waals surface area contributed by atoms with Crippen molar-refractivity contribution in [3.05, 3.63) is 0 Å². The van der Waals surface area contributed by atoms with Crippen molar-refractivity contribution in [3.8, 4) is 0 Å². The molecule has 1 atom stereocenters. The monoisotopic (exact) mass is 229 g/mol. The molecule has 0 aromatic carbocycles. The van der Waals surface area contributed by atoms with Gasteiger partial charge in [0.05, 0.1) is 6.42 Å². The number of hydrogen-bond acceptors (Lipinski definition) is 5. The fourth-order valence-electron chi connectivity index (χ4n) is 2.22. The van der Waals surface area contributed by atoms with E-state index in [1.54, 1.807) is 0 Å². The molecule has 1 saturated heterocycles. The average molecular weight is 229 g/mol. The number of nitrogens with two attached hydrogens (primary N) is 1. The first-order valence-electron chi connectivity index (χ1n) is 6.14. The van der Waals surface area contributed by atoms with Gasteiger partial charge < -0.3 is 9.74 Å². The van der Waals surface area contributed by atoms with Crippen molar-refractivity contribution in [2.75, 3.05) is 19.6 Å². The van der Waals surface area contributed by atoms with Crippen molar-refractivity contribution >= 4 is 5.97 Å². The Morgan fingerprint density at radius 3 is 3.00 bits per heavy atom. The minimum absolute atomic E-state index is 0.293. The maximum Gasteiger partial charge on any atom is 0.327 e. The Bertz CT molecular complexity index is 211. The van der Waals surface area contributed by atoms with E-state index in [2.05, 4.69) is 16.7 Å². The molecule has 0 aliphatic carbocycles. The lowest BCUT2D eigenvalue weighted by Gasteiger charge is -2.19. The number of rotatable bonds is 5. The molecule has 94 valence electrons. The van der Waals surface area contributed by atoms with E-state index in [4.69, 9.17) is 5.84 Å². The summed E-state index contributed by atoms with van der Waals surface area (Å²) in [5.74, 6) is 5.46. The lowest BCUT2D eigenvalue weighted by Crippen LogP contribution is -2.31. The van der Waals surface area contributed by atoms with Crippen molar-refractivity contribution < 1.29 is 9.63 Å². The Morgan fingerprint density at radius 1 is 1.50 bits per heavy atom. The molecule has 1 rings (SSSR count). The van der Waals surface area contributed by atoms with Gasteiger partial charge in [0.1, 0.15) is 0 Å². The lowest BCUT2D eigenvalue weighted by molar-refractivity contribution is -0.151. The number of carbonyl (C=O) groups is 1. The van der Waals surface area contributed by atoms with Crippen molar-refractivity contribution in [3.63, 3.8) is 0 Å².